The number of thioether (sulfide) groups is 2. The minimum Gasteiger partial charge on any atom is -0.318 e. The van der Waals surface area contributed by atoms with Gasteiger partial charge in [-0.25, -0.2) is 19.9 Å². The van der Waals surface area contributed by atoms with Gasteiger partial charge in [0.05, 0.1) is 0 Å². The van der Waals surface area contributed by atoms with Crippen molar-refractivity contribution in [2.75, 3.05) is 12.5 Å². The van der Waals surface area contributed by atoms with Gasteiger partial charge in [-0.2, -0.15) is 19.2 Å². The lowest BCUT2D eigenvalue weighted by Gasteiger charge is -2.11. The number of nitrogens with zero attached hydrogens (tertiary/aromatic N) is 8. The first-order valence-corrected chi connectivity index (χ1v) is 23.8. The molecule has 6 aromatic heterocycles. The number of hydrogen-bond donors (Lipinski definition) is 0. The molecule has 0 aliphatic heterocycles. The van der Waals surface area contributed by atoms with Gasteiger partial charge in [0.25, 0.3) is 11.1 Å². The van der Waals surface area contributed by atoms with E-state index >= 15 is 0 Å². The van der Waals surface area contributed by atoms with Gasteiger partial charge >= 0.3 is 12.3 Å². The van der Waals surface area contributed by atoms with Crippen LogP contribution in [-0.4, -0.2) is 63.9 Å². The number of carbonyl (C=O) groups excluding carboxylic acids is 4. The van der Waals surface area contributed by atoms with Crippen molar-refractivity contribution in [1.29, 1.82) is 0 Å². The van der Waals surface area contributed by atoms with Crippen LogP contribution in [0.15, 0.2) is 111 Å². The molecule has 0 aromatic carbocycles. The van der Waals surface area contributed by atoms with E-state index in [2.05, 4.69) is 42.0 Å². The fourth-order valence-corrected chi connectivity index (χ4v) is 9.26. The monoisotopic (exact) mass is 914 g/mol. The van der Waals surface area contributed by atoms with Crippen LogP contribution in [0.1, 0.15) is 67.1 Å². The number of aromatic nitrogens is 8. The predicted octanol–water partition coefficient (Wildman–Crippen LogP) is 7.46. The SMILES string of the molecule is CSc1cnc(C[C@H]2CC[C@H](Cc3ccc(-c4cc(C)cn(C)c4=O)cn3)C2)nc1.CSc1cnc(C[C@H]2CC[C@H](Cc3ccc(-c4cccn(C)c4=O)cn3)C2)nc1.O=C=O.O=C=O. The van der Waals surface area contributed by atoms with Crippen molar-refractivity contribution in [3.63, 3.8) is 0 Å². The Labute approximate surface area is 387 Å². The molecule has 2 aliphatic rings. The van der Waals surface area contributed by atoms with Gasteiger partial charge in [0.15, 0.2) is 0 Å². The molecule has 16 heteroatoms. The molecular formula is C49H54N8O6S2. The normalized spacial score (nSPS) is 17.2. The van der Waals surface area contributed by atoms with Gasteiger partial charge in [-0.15, -0.1) is 23.5 Å². The number of rotatable bonds is 12. The first-order chi connectivity index (χ1) is 31.5. The van der Waals surface area contributed by atoms with E-state index in [9.17, 15) is 9.59 Å². The highest BCUT2D eigenvalue weighted by Gasteiger charge is 2.27. The van der Waals surface area contributed by atoms with Crippen LogP contribution in [0.3, 0.4) is 0 Å². The average molecular weight is 915 g/mol. The van der Waals surface area contributed by atoms with Crippen LogP contribution in [0.25, 0.3) is 22.3 Å². The molecule has 338 valence electrons. The molecule has 2 fully saturated rings. The van der Waals surface area contributed by atoms with Crippen molar-refractivity contribution in [2.45, 2.75) is 80.9 Å². The third-order valence-corrected chi connectivity index (χ3v) is 13.2. The van der Waals surface area contributed by atoms with Crippen LogP contribution >= 0.6 is 23.5 Å². The van der Waals surface area contributed by atoms with Crippen molar-refractivity contribution < 1.29 is 19.2 Å². The van der Waals surface area contributed by atoms with Gasteiger partial charge in [0, 0.05) is 120 Å². The quantitative estimate of drug-likeness (QED) is 0.110. The molecule has 2 saturated carbocycles. The van der Waals surface area contributed by atoms with E-state index in [1.54, 1.807) is 53.0 Å². The van der Waals surface area contributed by atoms with Crippen LogP contribution < -0.4 is 11.1 Å². The van der Waals surface area contributed by atoms with E-state index in [1.165, 1.54) is 38.5 Å². The molecule has 0 spiro atoms. The Balaban J connectivity index is 0.000000218. The maximum atomic E-state index is 12.4. The Bertz CT molecular complexity index is 2620. The Morgan fingerprint density at radius 1 is 0.569 bits per heavy atom. The smallest absolute Gasteiger partial charge is 0.318 e. The molecular weight excluding hydrogens is 861 g/mol. The summed E-state index contributed by atoms with van der Waals surface area (Å²) in [4.78, 5) is 86.8. The Morgan fingerprint density at radius 2 is 0.985 bits per heavy atom. The van der Waals surface area contributed by atoms with Crippen LogP contribution in [-0.2, 0) is 59.0 Å². The fraction of sp³-hybridized carbons (Fsp3) is 0.388. The minimum absolute atomic E-state index is 0.00784. The van der Waals surface area contributed by atoms with Crippen molar-refractivity contribution in [3.05, 3.63) is 141 Å². The second-order valence-electron chi connectivity index (χ2n) is 16.4. The van der Waals surface area contributed by atoms with Gasteiger partial charge in [0.1, 0.15) is 11.6 Å². The van der Waals surface area contributed by atoms with E-state index < -0.39 is 0 Å². The second-order valence-corrected chi connectivity index (χ2v) is 18.2. The van der Waals surface area contributed by atoms with Gasteiger partial charge in [-0.3, -0.25) is 19.6 Å². The summed E-state index contributed by atoms with van der Waals surface area (Å²) in [6.45, 7) is 2.00. The molecule has 0 unspecified atom stereocenters. The standard InChI is InChI=1S/C24H28N4OS.C23H26N4OS.2CO2/c1-16-8-22(24(29)28(2)15-16)19-6-7-20(25-12-19)10-17-4-5-18(9-17)11-23-26-13-21(30-3)14-27-23;1-27-9-3-4-21(23(27)28)18-7-8-19(24-13-18)11-16-5-6-17(10-16)12-22-25-14-20(29-2)15-26-22;2*2-1-3/h6-8,12-15,17-18H,4-5,9-11H2,1-3H3;3-4,7-9,13-17H,5-6,10-12H2,1-2H3;;/t17-,18-;16-,17-;;/m00../s1. The van der Waals surface area contributed by atoms with Crippen LogP contribution in [0.2, 0.25) is 0 Å². The molecule has 2 aliphatic carbocycles. The maximum absolute atomic E-state index is 12.4. The summed E-state index contributed by atoms with van der Waals surface area (Å²) >= 11 is 3.35. The minimum atomic E-state index is 0.00784. The average Bonchev–Trinajstić information content (AvgIpc) is 3.96. The fourth-order valence-electron chi connectivity index (χ4n) is 8.63. The van der Waals surface area contributed by atoms with E-state index in [0.717, 1.165) is 75.2 Å². The lowest BCUT2D eigenvalue weighted by molar-refractivity contribution is -0.193. The molecule has 0 radical (unpaired) electrons. The summed E-state index contributed by atoms with van der Waals surface area (Å²) in [6, 6.07) is 13.9. The summed E-state index contributed by atoms with van der Waals surface area (Å²) in [5.41, 5.74) is 6.48. The lowest BCUT2D eigenvalue weighted by Crippen LogP contribution is -2.18. The third-order valence-electron chi connectivity index (χ3n) is 11.8. The third kappa shape index (κ3) is 14.9. The highest BCUT2D eigenvalue weighted by atomic mass is 32.2. The Morgan fingerprint density at radius 3 is 1.40 bits per heavy atom. The predicted molar refractivity (Wildman–Crippen MR) is 249 cm³/mol. The first-order valence-electron chi connectivity index (χ1n) is 21.4. The van der Waals surface area contributed by atoms with E-state index in [4.69, 9.17) is 19.2 Å². The van der Waals surface area contributed by atoms with Crippen LogP contribution in [0, 0.1) is 30.6 Å². The topological polar surface area (TPSA) is 190 Å². The molecule has 0 amide bonds. The molecule has 65 heavy (non-hydrogen) atoms. The highest BCUT2D eigenvalue weighted by Crippen LogP contribution is 2.36. The zero-order chi connectivity index (χ0) is 46.7. The largest absolute Gasteiger partial charge is 0.373 e. The molecule has 0 saturated heterocycles. The van der Waals surface area contributed by atoms with E-state index in [0.29, 0.717) is 34.8 Å². The van der Waals surface area contributed by atoms with Crippen molar-refractivity contribution >= 4 is 35.8 Å². The van der Waals surface area contributed by atoms with Gasteiger partial charge in [-0.1, -0.05) is 12.1 Å². The lowest BCUT2D eigenvalue weighted by atomic mass is 9.97. The number of aryl methyl sites for hydroxylation is 3. The van der Waals surface area contributed by atoms with Crippen molar-refractivity contribution in [3.8, 4) is 22.3 Å². The summed E-state index contributed by atoms with van der Waals surface area (Å²) in [6.07, 6.45) is 30.8. The van der Waals surface area contributed by atoms with Crippen molar-refractivity contribution in [1.82, 2.24) is 39.0 Å². The molecule has 0 bridgehead atoms. The number of pyridine rings is 4. The Hall–Kier alpha value is -6.18. The van der Waals surface area contributed by atoms with Crippen LogP contribution in [0.4, 0.5) is 0 Å². The van der Waals surface area contributed by atoms with Gasteiger partial charge < -0.3 is 9.13 Å². The Kier molecular flexibility index (Phi) is 19.4. The highest BCUT2D eigenvalue weighted by molar-refractivity contribution is 7.98. The zero-order valence-corrected chi connectivity index (χ0v) is 39.0. The van der Waals surface area contributed by atoms with E-state index in [-0.39, 0.29) is 23.4 Å². The molecule has 4 atom stereocenters. The summed E-state index contributed by atoms with van der Waals surface area (Å²) in [5, 5.41) is 0. The van der Waals surface area contributed by atoms with Gasteiger partial charge in [-0.05, 0) is 130 Å². The molecule has 0 N–H and O–H groups in total. The van der Waals surface area contributed by atoms with E-state index in [1.807, 2.05) is 93.1 Å². The summed E-state index contributed by atoms with van der Waals surface area (Å²) < 4.78 is 3.23. The molecule has 14 nitrogen and oxygen atoms in total. The molecule has 6 aromatic rings. The van der Waals surface area contributed by atoms with Crippen LogP contribution in [0.5, 0.6) is 0 Å². The maximum Gasteiger partial charge on any atom is 0.373 e. The first kappa shape index (κ1) is 49.8. The summed E-state index contributed by atoms with van der Waals surface area (Å²) in [5.74, 6) is 4.55. The molecule has 8 rings (SSSR count). The second kappa shape index (κ2) is 25.3. The number of hydrogen-bond acceptors (Lipinski definition) is 14. The van der Waals surface area contributed by atoms with Crippen molar-refractivity contribution in [2.24, 2.45) is 37.8 Å². The molecule has 6 heterocycles. The van der Waals surface area contributed by atoms with Gasteiger partial charge in [0.2, 0.25) is 0 Å². The summed E-state index contributed by atoms with van der Waals surface area (Å²) in [7, 11) is 3.56. The zero-order valence-electron chi connectivity index (χ0n) is 37.4.